The van der Waals surface area contributed by atoms with Crippen LogP contribution >= 0.6 is 0 Å². The lowest BCUT2D eigenvalue weighted by Gasteiger charge is -2.34. The fraction of sp³-hybridized carbons (Fsp3) is 0.360. The third-order valence-electron chi connectivity index (χ3n) is 6.45. The first-order valence-corrected chi connectivity index (χ1v) is 11.8. The molecular formula is C25H28FN7O2. The number of anilines is 2. The Labute approximate surface area is 202 Å². The maximum atomic E-state index is 15.0. The number of hydrogen-bond acceptors (Lipinski definition) is 7. The molecule has 9 nitrogen and oxygen atoms in total. The summed E-state index contributed by atoms with van der Waals surface area (Å²) in [6, 6.07) is 6.11. The largest absolute Gasteiger partial charge is 0.491 e. The van der Waals surface area contributed by atoms with Crippen molar-refractivity contribution in [1.29, 1.82) is 0 Å². The van der Waals surface area contributed by atoms with Crippen LogP contribution in [0.1, 0.15) is 35.8 Å². The van der Waals surface area contributed by atoms with Gasteiger partial charge in [-0.05, 0) is 44.5 Å². The molecule has 4 heterocycles. The van der Waals surface area contributed by atoms with Gasteiger partial charge in [0.2, 0.25) is 5.82 Å². The standard InChI is InChI=1S/C25H28FN7O2/c1-4-27-16-8-11-32(12-9-16)20-6-5-18(22-17(20)7-10-28-31-22)25(34)30-19-14-33-13-15(2)29-24(33)21(26)23(19)35-3/h5-7,10,13-14,16,27H,4,8-9,11-12H2,1-3H3,(H,30,34). The normalized spacial score (nSPS) is 14.6. The van der Waals surface area contributed by atoms with E-state index in [9.17, 15) is 9.18 Å². The van der Waals surface area contributed by atoms with Gasteiger partial charge in [0, 0.05) is 42.6 Å². The highest BCUT2D eigenvalue weighted by molar-refractivity contribution is 6.14. The number of carbonyl (C=O) groups is 1. The van der Waals surface area contributed by atoms with Crippen molar-refractivity contribution in [3.63, 3.8) is 0 Å². The quantitative estimate of drug-likeness (QED) is 0.438. The van der Waals surface area contributed by atoms with Crippen molar-refractivity contribution in [1.82, 2.24) is 24.9 Å². The molecule has 1 aliphatic rings. The summed E-state index contributed by atoms with van der Waals surface area (Å²) in [5.74, 6) is -1.15. The average molecular weight is 478 g/mol. The van der Waals surface area contributed by atoms with Crippen LogP contribution in [0.2, 0.25) is 0 Å². The van der Waals surface area contributed by atoms with Crippen molar-refractivity contribution < 1.29 is 13.9 Å². The minimum Gasteiger partial charge on any atom is -0.491 e. The molecule has 0 bridgehead atoms. The number of rotatable bonds is 6. The molecule has 0 atom stereocenters. The highest BCUT2D eigenvalue weighted by Gasteiger charge is 2.24. The molecule has 3 aromatic heterocycles. The molecule has 1 fully saturated rings. The van der Waals surface area contributed by atoms with Gasteiger partial charge in [-0.25, -0.2) is 4.98 Å². The van der Waals surface area contributed by atoms with Crippen LogP contribution < -0.4 is 20.3 Å². The third-order valence-corrected chi connectivity index (χ3v) is 6.45. The Morgan fingerprint density at radius 3 is 2.77 bits per heavy atom. The Hall–Kier alpha value is -3.79. The van der Waals surface area contributed by atoms with Crippen molar-refractivity contribution in [3.8, 4) is 5.75 Å². The molecule has 0 radical (unpaired) electrons. The van der Waals surface area contributed by atoms with E-state index in [2.05, 4.69) is 37.6 Å². The molecule has 35 heavy (non-hydrogen) atoms. The fourth-order valence-electron chi connectivity index (χ4n) is 4.81. The van der Waals surface area contributed by atoms with Gasteiger partial charge in [-0.15, -0.1) is 5.10 Å². The zero-order valence-corrected chi connectivity index (χ0v) is 20.0. The Kier molecular flexibility index (Phi) is 6.21. The molecule has 0 spiro atoms. The molecule has 0 saturated carbocycles. The van der Waals surface area contributed by atoms with Gasteiger partial charge >= 0.3 is 0 Å². The van der Waals surface area contributed by atoms with E-state index in [0.717, 1.165) is 43.5 Å². The smallest absolute Gasteiger partial charge is 0.258 e. The minimum atomic E-state index is -0.639. The summed E-state index contributed by atoms with van der Waals surface area (Å²) in [6.07, 6.45) is 7.01. The zero-order chi connectivity index (χ0) is 24.5. The topological polar surface area (TPSA) is 96.7 Å². The fourth-order valence-corrected chi connectivity index (χ4v) is 4.81. The number of aryl methyl sites for hydroxylation is 1. The maximum absolute atomic E-state index is 15.0. The van der Waals surface area contributed by atoms with Gasteiger partial charge in [-0.1, -0.05) is 6.92 Å². The number of hydrogen-bond donors (Lipinski definition) is 2. The highest BCUT2D eigenvalue weighted by Crippen LogP contribution is 2.33. The number of halogens is 1. The number of ether oxygens (including phenoxy) is 1. The minimum absolute atomic E-state index is 0.0768. The molecular weight excluding hydrogens is 449 g/mol. The monoisotopic (exact) mass is 477 g/mol. The van der Waals surface area contributed by atoms with Crippen molar-refractivity contribution in [2.75, 3.05) is 37.0 Å². The molecule has 4 aromatic rings. The molecule has 5 rings (SSSR count). The van der Waals surface area contributed by atoms with Gasteiger partial charge in [-0.2, -0.15) is 9.49 Å². The lowest BCUT2D eigenvalue weighted by molar-refractivity contribution is 0.102. The first-order valence-electron chi connectivity index (χ1n) is 11.8. The number of fused-ring (bicyclic) bond motifs is 2. The van der Waals surface area contributed by atoms with Crippen LogP contribution in [-0.2, 0) is 0 Å². The number of imidazole rings is 1. The van der Waals surface area contributed by atoms with E-state index in [-0.39, 0.29) is 17.1 Å². The van der Waals surface area contributed by atoms with E-state index >= 15 is 0 Å². The molecule has 1 aliphatic heterocycles. The summed E-state index contributed by atoms with van der Waals surface area (Å²) < 4.78 is 21.8. The molecule has 1 saturated heterocycles. The number of nitrogens with zero attached hydrogens (tertiary/aromatic N) is 5. The molecule has 0 aliphatic carbocycles. The average Bonchev–Trinajstić information content (AvgIpc) is 3.25. The number of carbonyl (C=O) groups excluding carboxylic acids is 1. The maximum Gasteiger partial charge on any atom is 0.258 e. The van der Waals surface area contributed by atoms with Gasteiger partial charge in [-0.3, -0.25) is 4.79 Å². The molecule has 1 aromatic carbocycles. The van der Waals surface area contributed by atoms with Crippen molar-refractivity contribution >= 4 is 33.8 Å². The van der Waals surface area contributed by atoms with Gasteiger partial charge in [0.1, 0.15) is 11.2 Å². The third kappa shape index (κ3) is 4.25. The van der Waals surface area contributed by atoms with Crippen LogP contribution in [0.5, 0.6) is 5.75 Å². The molecule has 10 heteroatoms. The van der Waals surface area contributed by atoms with Gasteiger partial charge < -0.3 is 24.7 Å². The van der Waals surface area contributed by atoms with E-state index in [4.69, 9.17) is 4.74 Å². The second-order valence-corrected chi connectivity index (χ2v) is 8.70. The van der Waals surface area contributed by atoms with Crippen molar-refractivity contribution in [2.24, 2.45) is 0 Å². The lowest BCUT2D eigenvalue weighted by Crippen LogP contribution is -2.42. The van der Waals surface area contributed by atoms with Crippen LogP contribution in [0, 0.1) is 12.7 Å². The van der Waals surface area contributed by atoms with Crippen LogP contribution in [0.25, 0.3) is 16.6 Å². The van der Waals surface area contributed by atoms with Gasteiger partial charge in [0.05, 0.1) is 24.6 Å². The van der Waals surface area contributed by atoms with E-state index < -0.39 is 11.7 Å². The van der Waals surface area contributed by atoms with Crippen molar-refractivity contribution in [3.05, 3.63) is 53.9 Å². The predicted molar refractivity (Wildman–Crippen MR) is 133 cm³/mol. The molecule has 1 amide bonds. The zero-order valence-electron chi connectivity index (χ0n) is 20.0. The number of amides is 1. The number of benzene rings is 1. The summed E-state index contributed by atoms with van der Waals surface area (Å²) in [4.78, 5) is 19.9. The Morgan fingerprint density at radius 2 is 2.03 bits per heavy atom. The Morgan fingerprint density at radius 1 is 1.23 bits per heavy atom. The summed E-state index contributed by atoms with van der Waals surface area (Å²) in [7, 11) is 1.36. The summed E-state index contributed by atoms with van der Waals surface area (Å²) >= 11 is 0. The number of aromatic nitrogens is 4. The van der Waals surface area contributed by atoms with E-state index in [0.29, 0.717) is 22.8 Å². The second-order valence-electron chi connectivity index (χ2n) is 8.70. The van der Waals surface area contributed by atoms with Crippen LogP contribution in [0.4, 0.5) is 15.8 Å². The molecule has 2 N–H and O–H groups in total. The molecule has 0 unspecified atom stereocenters. The van der Waals surface area contributed by atoms with Gasteiger partial charge in [0.25, 0.3) is 5.91 Å². The summed E-state index contributed by atoms with van der Waals surface area (Å²) in [6.45, 7) is 6.70. The van der Waals surface area contributed by atoms with Gasteiger partial charge in [0.15, 0.2) is 11.4 Å². The van der Waals surface area contributed by atoms with Crippen LogP contribution in [0.15, 0.2) is 36.8 Å². The van der Waals surface area contributed by atoms with Crippen molar-refractivity contribution in [2.45, 2.75) is 32.7 Å². The predicted octanol–water partition coefficient (Wildman–Crippen LogP) is 3.56. The number of nitrogens with one attached hydrogen (secondary N) is 2. The second kappa shape index (κ2) is 9.46. The molecule has 182 valence electrons. The van der Waals surface area contributed by atoms with E-state index in [1.54, 1.807) is 31.6 Å². The number of methoxy groups -OCH3 is 1. The summed E-state index contributed by atoms with van der Waals surface area (Å²) in [5, 5.41) is 15.5. The van der Waals surface area contributed by atoms with E-state index in [1.165, 1.54) is 11.5 Å². The Bertz CT molecular complexity index is 1400. The highest BCUT2D eigenvalue weighted by atomic mass is 19.1. The Balaban J connectivity index is 1.47. The summed E-state index contributed by atoms with van der Waals surface area (Å²) in [5.41, 5.74) is 2.86. The van der Waals surface area contributed by atoms with Crippen LogP contribution in [0.3, 0.4) is 0 Å². The SMILES string of the molecule is CCNC1CCN(c2ccc(C(=O)Nc3cn4cc(C)nc4c(F)c3OC)c3nnccc23)CC1. The van der Waals surface area contributed by atoms with Crippen LogP contribution in [-0.4, -0.2) is 58.3 Å². The number of pyridine rings is 1. The first-order chi connectivity index (χ1) is 17.0. The number of piperidine rings is 1. The lowest BCUT2D eigenvalue weighted by atomic mass is 10.0. The van der Waals surface area contributed by atoms with E-state index in [1.807, 2.05) is 12.1 Å². The first kappa shape index (κ1) is 23.0.